The van der Waals surface area contributed by atoms with Gasteiger partial charge < -0.3 is 10.5 Å². The van der Waals surface area contributed by atoms with Crippen molar-refractivity contribution in [3.63, 3.8) is 0 Å². The molecule has 1 aromatic rings. The van der Waals surface area contributed by atoms with Gasteiger partial charge in [0.2, 0.25) is 0 Å². The third kappa shape index (κ3) is 3.12. The molecule has 1 fully saturated rings. The summed E-state index contributed by atoms with van der Waals surface area (Å²) in [6.07, 6.45) is 4.41. The first kappa shape index (κ1) is 12.2. The van der Waals surface area contributed by atoms with Gasteiger partial charge in [-0.25, -0.2) is 4.98 Å². The van der Waals surface area contributed by atoms with Crippen LogP contribution in [0.25, 0.3) is 0 Å². The number of nitrogen functional groups attached to an aromatic ring is 1. The minimum absolute atomic E-state index is 0.113. The molecule has 17 heavy (non-hydrogen) atoms. The maximum Gasteiger partial charge on any atom is 0.306 e. The van der Waals surface area contributed by atoms with E-state index in [1.54, 1.807) is 18.0 Å². The number of hydrogen-bond acceptors (Lipinski definition) is 5. The Bertz CT molecular complexity index is 419. The molecular formula is C12H16N2O2S. The number of methoxy groups -OCH3 is 1. The lowest BCUT2D eigenvalue weighted by atomic mass is 10.1. The van der Waals surface area contributed by atoms with Crippen molar-refractivity contribution in [2.45, 2.75) is 24.3 Å². The molecule has 92 valence electrons. The molecule has 0 aromatic carbocycles. The van der Waals surface area contributed by atoms with Crippen molar-refractivity contribution in [1.29, 1.82) is 0 Å². The van der Waals surface area contributed by atoms with E-state index in [1.165, 1.54) is 7.11 Å². The number of esters is 1. The monoisotopic (exact) mass is 252 g/mol. The second-order valence-electron chi connectivity index (χ2n) is 4.44. The summed E-state index contributed by atoms with van der Waals surface area (Å²) in [5, 5.41) is 0.851. The zero-order valence-corrected chi connectivity index (χ0v) is 10.6. The average Bonchev–Trinajstić information content (AvgIpc) is 3.08. The number of nitrogens with two attached hydrogens (primary N) is 1. The molecule has 0 aliphatic heterocycles. The van der Waals surface area contributed by atoms with Crippen LogP contribution in [-0.4, -0.2) is 23.8 Å². The van der Waals surface area contributed by atoms with Crippen molar-refractivity contribution in [2.24, 2.45) is 5.41 Å². The molecule has 2 rings (SSSR count). The molecule has 0 saturated heterocycles. The van der Waals surface area contributed by atoms with Gasteiger partial charge >= 0.3 is 5.97 Å². The van der Waals surface area contributed by atoms with Crippen molar-refractivity contribution in [1.82, 2.24) is 4.98 Å². The largest absolute Gasteiger partial charge is 0.469 e. The van der Waals surface area contributed by atoms with Gasteiger partial charge in [0.25, 0.3) is 0 Å². The molecule has 1 aliphatic carbocycles. The van der Waals surface area contributed by atoms with E-state index in [1.807, 2.05) is 12.1 Å². The summed E-state index contributed by atoms with van der Waals surface area (Å²) in [7, 11) is 1.43. The topological polar surface area (TPSA) is 65.2 Å². The highest BCUT2D eigenvalue weighted by molar-refractivity contribution is 7.99. The fraction of sp³-hybridized carbons (Fsp3) is 0.500. The standard InChI is InChI=1S/C12H16N2O2S/c1-16-10(15)7-12(4-5-12)8-17-11-9(13)3-2-6-14-11/h2-3,6H,4-5,7-8,13H2,1H3. The number of ether oxygens (including phenoxy) is 1. The SMILES string of the molecule is COC(=O)CC1(CSc2ncccc2N)CC1. The molecule has 1 heterocycles. The van der Waals surface area contributed by atoms with Crippen LogP contribution in [0.5, 0.6) is 0 Å². The Morgan fingerprint density at radius 1 is 1.65 bits per heavy atom. The molecule has 5 heteroatoms. The van der Waals surface area contributed by atoms with Crippen molar-refractivity contribution >= 4 is 23.4 Å². The van der Waals surface area contributed by atoms with Crippen molar-refractivity contribution in [2.75, 3.05) is 18.6 Å². The van der Waals surface area contributed by atoms with Crippen molar-refractivity contribution < 1.29 is 9.53 Å². The molecule has 0 amide bonds. The highest BCUT2D eigenvalue weighted by Crippen LogP contribution is 2.52. The summed E-state index contributed by atoms with van der Waals surface area (Å²) < 4.78 is 4.71. The smallest absolute Gasteiger partial charge is 0.306 e. The van der Waals surface area contributed by atoms with E-state index in [-0.39, 0.29) is 11.4 Å². The summed E-state index contributed by atoms with van der Waals surface area (Å²) in [5.41, 5.74) is 6.64. The first-order valence-corrected chi connectivity index (χ1v) is 6.54. The molecule has 0 atom stereocenters. The maximum atomic E-state index is 11.3. The molecule has 1 aliphatic rings. The van der Waals surface area contributed by atoms with Gasteiger partial charge in [-0.15, -0.1) is 11.8 Å². The fourth-order valence-electron chi connectivity index (χ4n) is 1.67. The van der Waals surface area contributed by atoms with Gasteiger partial charge in [0.1, 0.15) is 5.03 Å². The lowest BCUT2D eigenvalue weighted by molar-refractivity contribution is -0.141. The first-order valence-electron chi connectivity index (χ1n) is 5.55. The first-order chi connectivity index (χ1) is 8.15. The van der Waals surface area contributed by atoms with Crippen LogP contribution < -0.4 is 5.73 Å². The number of hydrogen-bond donors (Lipinski definition) is 1. The Balaban J connectivity index is 1.90. The van der Waals surface area contributed by atoms with E-state index in [2.05, 4.69) is 4.98 Å². The van der Waals surface area contributed by atoms with Gasteiger partial charge in [0.05, 0.1) is 19.2 Å². The van der Waals surface area contributed by atoms with Crippen LogP contribution >= 0.6 is 11.8 Å². The van der Waals surface area contributed by atoms with E-state index in [4.69, 9.17) is 10.5 Å². The number of nitrogens with zero attached hydrogens (tertiary/aromatic N) is 1. The Morgan fingerprint density at radius 3 is 3.00 bits per heavy atom. The number of pyridine rings is 1. The highest BCUT2D eigenvalue weighted by Gasteiger charge is 2.44. The third-order valence-electron chi connectivity index (χ3n) is 3.02. The zero-order chi connectivity index (χ0) is 12.3. The lowest BCUT2D eigenvalue weighted by Crippen LogP contribution is -2.13. The molecule has 0 spiro atoms. The highest BCUT2D eigenvalue weighted by atomic mass is 32.2. The Hall–Kier alpha value is -1.23. The van der Waals surface area contributed by atoms with Gasteiger partial charge in [-0.3, -0.25) is 4.79 Å². The molecule has 1 aromatic heterocycles. The van der Waals surface area contributed by atoms with Crippen LogP contribution in [0.1, 0.15) is 19.3 Å². The van der Waals surface area contributed by atoms with Crippen LogP contribution in [-0.2, 0) is 9.53 Å². The average molecular weight is 252 g/mol. The van der Waals surface area contributed by atoms with Gasteiger partial charge in [-0.05, 0) is 30.4 Å². The quantitative estimate of drug-likeness (QED) is 0.642. The Kier molecular flexibility index (Phi) is 3.57. The second kappa shape index (κ2) is 4.96. The van der Waals surface area contributed by atoms with Crippen LogP contribution in [0.15, 0.2) is 23.4 Å². The molecule has 1 saturated carbocycles. The summed E-state index contributed by atoms with van der Waals surface area (Å²) in [5.74, 6) is 0.751. The Morgan fingerprint density at radius 2 is 2.41 bits per heavy atom. The fourth-order valence-corrected chi connectivity index (χ4v) is 2.88. The number of anilines is 1. The van der Waals surface area contributed by atoms with Gasteiger partial charge in [-0.1, -0.05) is 0 Å². The van der Waals surface area contributed by atoms with Crippen LogP contribution in [0.3, 0.4) is 0 Å². The zero-order valence-electron chi connectivity index (χ0n) is 9.81. The molecule has 0 unspecified atom stereocenters. The summed E-state index contributed by atoms with van der Waals surface area (Å²) in [4.78, 5) is 15.5. The second-order valence-corrected chi connectivity index (χ2v) is 5.40. The molecule has 4 nitrogen and oxygen atoms in total. The third-order valence-corrected chi connectivity index (χ3v) is 4.39. The van der Waals surface area contributed by atoms with Crippen LogP contribution in [0.2, 0.25) is 0 Å². The lowest BCUT2D eigenvalue weighted by Gasteiger charge is -2.13. The predicted molar refractivity (Wildman–Crippen MR) is 67.7 cm³/mol. The number of aromatic nitrogens is 1. The van der Waals surface area contributed by atoms with Crippen LogP contribution in [0, 0.1) is 5.41 Å². The minimum Gasteiger partial charge on any atom is -0.469 e. The Labute approximate surface area is 105 Å². The summed E-state index contributed by atoms with van der Waals surface area (Å²) in [6.45, 7) is 0. The van der Waals surface area contributed by atoms with Gasteiger partial charge in [0, 0.05) is 11.9 Å². The maximum absolute atomic E-state index is 11.3. The van der Waals surface area contributed by atoms with E-state index in [9.17, 15) is 4.79 Å². The molecular weight excluding hydrogens is 236 g/mol. The van der Waals surface area contributed by atoms with Crippen LogP contribution in [0.4, 0.5) is 5.69 Å². The van der Waals surface area contributed by atoms with E-state index >= 15 is 0 Å². The normalized spacial score (nSPS) is 16.5. The van der Waals surface area contributed by atoms with Gasteiger partial charge in [0.15, 0.2) is 0 Å². The van der Waals surface area contributed by atoms with Crippen molar-refractivity contribution in [3.05, 3.63) is 18.3 Å². The van der Waals surface area contributed by atoms with E-state index in [0.29, 0.717) is 12.1 Å². The minimum atomic E-state index is -0.128. The molecule has 2 N–H and O–H groups in total. The molecule has 0 radical (unpaired) electrons. The van der Waals surface area contributed by atoms with Gasteiger partial charge in [-0.2, -0.15) is 0 Å². The number of thioether (sulfide) groups is 1. The number of rotatable bonds is 5. The summed E-state index contributed by atoms with van der Waals surface area (Å²) in [6, 6.07) is 3.66. The van der Waals surface area contributed by atoms with E-state index in [0.717, 1.165) is 23.6 Å². The van der Waals surface area contributed by atoms with Crippen molar-refractivity contribution in [3.8, 4) is 0 Å². The summed E-state index contributed by atoms with van der Waals surface area (Å²) >= 11 is 1.63. The predicted octanol–water partition coefficient (Wildman–Crippen LogP) is 2.10. The number of carbonyl (C=O) groups excluding carboxylic acids is 1. The number of carbonyl (C=O) groups is 1. The van der Waals surface area contributed by atoms with E-state index < -0.39 is 0 Å². The molecule has 0 bridgehead atoms.